The fraction of sp³-hybridized carbons (Fsp3) is 0.107. The van der Waals surface area contributed by atoms with Crippen LogP contribution >= 0.6 is 0 Å². The van der Waals surface area contributed by atoms with Crippen molar-refractivity contribution in [3.8, 4) is 0 Å². The van der Waals surface area contributed by atoms with Crippen molar-refractivity contribution in [1.82, 2.24) is 0 Å². The van der Waals surface area contributed by atoms with E-state index in [2.05, 4.69) is 207 Å². The van der Waals surface area contributed by atoms with Crippen molar-refractivity contribution in [3.05, 3.63) is 192 Å². The molecular formula is C56H40N2. The maximum absolute atomic E-state index is 2.58. The van der Waals surface area contributed by atoms with E-state index in [1.54, 1.807) is 0 Å². The Kier molecular flexibility index (Phi) is 6.07. The van der Waals surface area contributed by atoms with Gasteiger partial charge in [0.25, 0.3) is 0 Å². The number of nitrogens with zero attached hydrogens (tertiary/aromatic N) is 2. The van der Waals surface area contributed by atoms with Crippen LogP contribution in [-0.2, 0) is 10.8 Å². The molecule has 0 unspecified atom stereocenters. The lowest BCUT2D eigenvalue weighted by atomic mass is 9.68. The first-order chi connectivity index (χ1) is 28.3. The zero-order valence-electron chi connectivity index (χ0n) is 33.1. The Labute approximate surface area is 337 Å². The Morgan fingerprint density at radius 1 is 0.276 bits per heavy atom. The van der Waals surface area contributed by atoms with Gasteiger partial charge in [-0.1, -0.05) is 161 Å². The van der Waals surface area contributed by atoms with E-state index in [4.69, 9.17) is 0 Å². The molecule has 0 fully saturated rings. The standard InChI is InChI=1S/C56H40N2/c1-55(2)41-15-5-7-17-47(41)57(45-29-25-37-21-19-33-11-9-13-35-23-27-39(45)53(37)51(33)35)49-32-44-50(31-43(49)55)58(48-18-8-6-16-42(48)56(44,3)4)46-30-26-38-22-20-34-12-10-14-36-24-28-40(46)54(38)52(34)36/h5-32H,1-4H3. The van der Waals surface area contributed by atoms with E-state index >= 15 is 0 Å². The van der Waals surface area contributed by atoms with E-state index in [-0.39, 0.29) is 10.8 Å². The third kappa shape index (κ3) is 3.97. The third-order valence-corrected chi connectivity index (χ3v) is 14.1. The predicted octanol–water partition coefficient (Wildman–Crippen LogP) is 15.7. The molecule has 2 aliphatic rings. The van der Waals surface area contributed by atoms with Crippen molar-refractivity contribution in [2.24, 2.45) is 0 Å². The quantitative estimate of drug-likeness (QED) is 0.163. The van der Waals surface area contributed by atoms with Crippen LogP contribution in [0.2, 0.25) is 0 Å². The molecule has 0 aliphatic carbocycles. The zero-order valence-corrected chi connectivity index (χ0v) is 33.1. The van der Waals surface area contributed by atoms with Crippen LogP contribution in [0.25, 0.3) is 64.6 Å². The number of fused-ring (bicyclic) bond motifs is 4. The topological polar surface area (TPSA) is 6.48 Å². The minimum atomic E-state index is -0.267. The van der Waals surface area contributed by atoms with E-state index < -0.39 is 0 Å². The Bertz CT molecular complexity index is 3270. The van der Waals surface area contributed by atoms with Gasteiger partial charge in [-0.3, -0.25) is 0 Å². The lowest BCUT2D eigenvalue weighted by Gasteiger charge is -2.47. The largest absolute Gasteiger partial charge is 0.309 e. The molecule has 0 bridgehead atoms. The Hall–Kier alpha value is -6.90. The van der Waals surface area contributed by atoms with Gasteiger partial charge in [-0.25, -0.2) is 0 Å². The van der Waals surface area contributed by atoms with Gasteiger partial charge in [0, 0.05) is 21.6 Å². The monoisotopic (exact) mass is 740 g/mol. The molecule has 0 aromatic heterocycles. The van der Waals surface area contributed by atoms with Gasteiger partial charge in [0.1, 0.15) is 0 Å². The molecule has 0 radical (unpaired) electrons. The molecule has 2 nitrogen and oxygen atoms in total. The molecule has 0 atom stereocenters. The highest BCUT2D eigenvalue weighted by atomic mass is 15.2. The molecule has 0 saturated heterocycles. The van der Waals surface area contributed by atoms with Crippen LogP contribution < -0.4 is 9.80 Å². The molecule has 0 N–H and O–H groups in total. The number of hydrogen-bond donors (Lipinski definition) is 0. The van der Waals surface area contributed by atoms with Crippen LogP contribution in [0.5, 0.6) is 0 Å². The first-order valence-electron chi connectivity index (χ1n) is 20.6. The summed E-state index contributed by atoms with van der Waals surface area (Å²) in [6, 6.07) is 64.5. The summed E-state index contributed by atoms with van der Waals surface area (Å²) in [6.07, 6.45) is 0. The Morgan fingerprint density at radius 2 is 0.621 bits per heavy atom. The van der Waals surface area contributed by atoms with Crippen LogP contribution in [0.15, 0.2) is 170 Å². The van der Waals surface area contributed by atoms with Crippen molar-refractivity contribution < 1.29 is 0 Å². The summed E-state index contributed by atoms with van der Waals surface area (Å²) in [4.78, 5) is 5.17. The lowest BCUT2D eigenvalue weighted by Crippen LogP contribution is -2.35. The average molecular weight is 741 g/mol. The van der Waals surface area contributed by atoms with E-state index in [1.165, 1.54) is 121 Å². The second kappa shape index (κ2) is 10.9. The zero-order chi connectivity index (χ0) is 38.7. The van der Waals surface area contributed by atoms with Crippen LogP contribution in [0.1, 0.15) is 49.9 Å². The van der Waals surface area contributed by atoms with Crippen LogP contribution in [0, 0.1) is 0 Å². The maximum Gasteiger partial charge on any atom is 0.0540 e. The van der Waals surface area contributed by atoms with Gasteiger partial charge in [0.05, 0.1) is 34.1 Å². The van der Waals surface area contributed by atoms with Crippen LogP contribution in [0.3, 0.4) is 0 Å². The molecule has 274 valence electrons. The number of benzene rings is 11. The fourth-order valence-corrected chi connectivity index (χ4v) is 11.2. The van der Waals surface area contributed by atoms with Crippen molar-refractivity contribution in [1.29, 1.82) is 0 Å². The Morgan fingerprint density at radius 3 is 1.03 bits per heavy atom. The summed E-state index contributed by atoms with van der Waals surface area (Å²) in [6.45, 7) is 9.67. The highest BCUT2D eigenvalue weighted by Crippen LogP contribution is 2.60. The number of anilines is 6. The van der Waals surface area contributed by atoms with Crippen molar-refractivity contribution in [3.63, 3.8) is 0 Å². The number of hydrogen-bond acceptors (Lipinski definition) is 2. The highest BCUT2D eigenvalue weighted by Gasteiger charge is 2.43. The smallest absolute Gasteiger partial charge is 0.0540 e. The fourth-order valence-electron chi connectivity index (χ4n) is 11.2. The van der Waals surface area contributed by atoms with E-state index in [0.717, 1.165) is 0 Å². The average Bonchev–Trinajstić information content (AvgIpc) is 3.25. The summed E-state index contributed by atoms with van der Waals surface area (Å²) in [5.41, 5.74) is 12.2. The summed E-state index contributed by atoms with van der Waals surface area (Å²) in [7, 11) is 0. The summed E-state index contributed by atoms with van der Waals surface area (Å²) < 4.78 is 0. The van der Waals surface area contributed by atoms with Gasteiger partial charge < -0.3 is 9.80 Å². The number of para-hydroxylation sites is 2. The lowest BCUT2D eigenvalue weighted by molar-refractivity contribution is 0.615. The molecule has 58 heavy (non-hydrogen) atoms. The van der Waals surface area contributed by atoms with Crippen molar-refractivity contribution in [2.75, 3.05) is 9.80 Å². The van der Waals surface area contributed by atoms with Crippen LogP contribution in [-0.4, -0.2) is 0 Å². The normalized spacial score (nSPS) is 15.4. The molecule has 2 heterocycles. The molecular weight excluding hydrogens is 701 g/mol. The highest BCUT2D eigenvalue weighted by molar-refractivity contribution is 6.27. The molecule has 0 spiro atoms. The van der Waals surface area contributed by atoms with Gasteiger partial charge >= 0.3 is 0 Å². The van der Waals surface area contributed by atoms with E-state index in [0.29, 0.717) is 0 Å². The third-order valence-electron chi connectivity index (χ3n) is 14.1. The molecule has 0 amide bonds. The van der Waals surface area contributed by atoms with Gasteiger partial charge in [-0.05, 0) is 113 Å². The second-order valence-electron chi connectivity index (χ2n) is 17.7. The van der Waals surface area contributed by atoms with E-state index in [9.17, 15) is 0 Å². The molecule has 13 rings (SSSR count). The van der Waals surface area contributed by atoms with Gasteiger partial charge in [-0.2, -0.15) is 0 Å². The number of rotatable bonds is 2. The first kappa shape index (κ1) is 32.2. The molecule has 2 aliphatic heterocycles. The second-order valence-corrected chi connectivity index (χ2v) is 17.7. The van der Waals surface area contributed by atoms with Gasteiger partial charge in [0.2, 0.25) is 0 Å². The van der Waals surface area contributed by atoms with E-state index in [1.807, 2.05) is 0 Å². The molecule has 11 aromatic rings. The van der Waals surface area contributed by atoms with Gasteiger partial charge in [-0.15, -0.1) is 0 Å². The summed E-state index contributed by atoms with van der Waals surface area (Å²) in [5.74, 6) is 0. The predicted molar refractivity (Wildman–Crippen MR) is 247 cm³/mol. The SMILES string of the molecule is CC1(C)c2ccccc2N(c2ccc3ccc4cccc5ccc2c3c45)c2cc3c(cc21)N(c1ccc2ccc4cccc5ccc1c2c45)c1ccccc1C3(C)C. The maximum atomic E-state index is 2.58. The Balaban J connectivity index is 1.13. The van der Waals surface area contributed by atoms with Gasteiger partial charge in [0.15, 0.2) is 0 Å². The summed E-state index contributed by atoms with van der Waals surface area (Å²) >= 11 is 0. The molecule has 0 saturated carbocycles. The van der Waals surface area contributed by atoms with Crippen molar-refractivity contribution >= 4 is 98.8 Å². The summed E-state index contributed by atoms with van der Waals surface area (Å²) in [5, 5.41) is 15.6. The van der Waals surface area contributed by atoms with Crippen molar-refractivity contribution in [2.45, 2.75) is 38.5 Å². The first-order valence-corrected chi connectivity index (χ1v) is 20.6. The minimum absolute atomic E-state index is 0.267. The molecule has 2 heteroatoms. The van der Waals surface area contributed by atoms with Crippen LogP contribution in [0.4, 0.5) is 34.1 Å². The minimum Gasteiger partial charge on any atom is -0.309 e. The molecule has 11 aromatic carbocycles.